The van der Waals surface area contributed by atoms with Gasteiger partial charge in [0.05, 0.1) is 17.3 Å². The summed E-state index contributed by atoms with van der Waals surface area (Å²) in [6.07, 6.45) is 1.72. The number of carbonyl (C=O) groups is 1. The lowest BCUT2D eigenvalue weighted by Crippen LogP contribution is -2.15. The maximum atomic E-state index is 13.9. The Labute approximate surface area is 120 Å². The smallest absolute Gasteiger partial charge is 0.251 e. The van der Waals surface area contributed by atoms with E-state index in [1.54, 1.807) is 0 Å². The SMILES string of the molecule is NC(=O)c1cc(NC2CCc3ccccc32)c(F)cc1F. The average Bonchev–Trinajstić information content (AvgIpc) is 2.85. The van der Waals surface area contributed by atoms with Crippen molar-refractivity contribution in [1.29, 1.82) is 0 Å². The number of fused-ring (bicyclic) bond motifs is 1. The lowest BCUT2D eigenvalue weighted by Gasteiger charge is -2.17. The highest BCUT2D eigenvalue weighted by atomic mass is 19.1. The van der Waals surface area contributed by atoms with Crippen molar-refractivity contribution in [2.24, 2.45) is 5.73 Å². The Morgan fingerprint density at radius 3 is 2.71 bits per heavy atom. The van der Waals surface area contributed by atoms with Crippen LogP contribution >= 0.6 is 0 Å². The van der Waals surface area contributed by atoms with Gasteiger partial charge in [0.2, 0.25) is 0 Å². The minimum Gasteiger partial charge on any atom is -0.376 e. The normalized spacial score (nSPS) is 16.6. The van der Waals surface area contributed by atoms with Crippen molar-refractivity contribution in [3.05, 3.63) is 64.7 Å². The number of hydrogen-bond acceptors (Lipinski definition) is 2. The highest BCUT2D eigenvalue weighted by molar-refractivity contribution is 5.94. The molecule has 3 rings (SSSR count). The molecule has 1 aliphatic rings. The number of anilines is 1. The Kier molecular flexibility index (Phi) is 3.33. The molecular weight excluding hydrogens is 274 g/mol. The summed E-state index contributed by atoms with van der Waals surface area (Å²) in [6, 6.07) is 9.67. The second kappa shape index (κ2) is 5.16. The summed E-state index contributed by atoms with van der Waals surface area (Å²) < 4.78 is 27.3. The molecule has 2 aromatic carbocycles. The zero-order valence-electron chi connectivity index (χ0n) is 11.2. The first-order chi connectivity index (χ1) is 10.1. The van der Waals surface area contributed by atoms with Gasteiger partial charge < -0.3 is 11.1 Å². The minimum atomic E-state index is -0.947. The predicted octanol–water partition coefficient (Wildman–Crippen LogP) is 3.16. The van der Waals surface area contributed by atoms with E-state index < -0.39 is 17.5 Å². The van der Waals surface area contributed by atoms with Gasteiger partial charge in [-0.1, -0.05) is 24.3 Å². The van der Waals surface area contributed by atoms with Crippen LogP contribution in [0, 0.1) is 11.6 Å². The van der Waals surface area contributed by atoms with Crippen LogP contribution in [0.2, 0.25) is 0 Å². The zero-order valence-corrected chi connectivity index (χ0v) is 11.2. The van der Waals surface area contributed by atoms with Crippen LogP contribution in [-0.4, -0.2) is 5.91 Å². The molecule has 0 radical (unpaired) electrons. The number of amides is 1. The van der Waals surface area contributed by atoms with Crippen molar-refractivity contribution in [1.82, 2.24) is 0 Å². The van der Waals surface area contributed by atoms with Crippen LogP contribution < -0.4 is 11.1 Å². The fourth-order valence-electron chi connectivity index (χ4n) is 2.74. The van der Waals surface area contributed by atoms with E-state index in [1.165, 1.54) is 5.56 Å². The van der Waals surface area contributed by atoms with E-state index in [4.69, 9.17) is 5.73 Å². The molecule has 0 saturated heterocycles. The van der Waals surface area contributed by atoms with Crippen LogP contribution in [0.3, 0.4) is 0 Å². The summed E-state index contributed by atoms with van der Waals surface area (Å²) in [5.41, 5.74) is 7.18. The molecule has 0 aliphatic heterocycles. The van der Waals surface area contributed by atoms with Gasteiger partial charge in [0.15, 0.2) is 0 Å². The molecule has 1 aliphatic carbocycles. The first kappa shape index (κ1) is 13.5. The van der Waals surface area contributed by atoms with Crippen molar-refractivity contribution in [2.75, 3.05) is 5.32 Å². The molecule has 3 N–H and O–H groups in total. The maximum Gasteiger partial charge on any atom is 0.251 e. The lowest BCUT2D eigenvalue weighted by molar-refractivity contribution is 0.0996. The molecule has 3 nitrogen and oxygen atoms in total. The van der Waals surface area contributed by atoms with Gasteiger partial charge in [-0.25, -0.2) is 8.78 Å². The second-order valence-electron chi connectivity index (χ2n) is 5.11. The van der Waals surface area contributed by atoms with Gasteiger partial charge in [0.1, 0.15) is 11.6 Å². The van der Waals surface area contributed by atoms with Crippen molar-refractivity contribution < 1.29 is 13.6 Å². The molecule has 21 heavy (non-hydrogen) atoms. The van der Waals surface area contributed by atoms with Crippen LogP contribution in [-0.2, 0) is 6.42 Å². The van der Waals surface area contributed by atoms with Crippen LogP contribution in [0.4, 0.5) is 14.5 Å². The largest absolute Gasteiger partial charge is 0.376 e. The fraction of sp³-hybridized carbons (Fsp3) is 0.188. The molecule has 1 atom stereocenters. The van der Waals surface area contributed by atoms with Crippen LogP contribution in [0.15, 0.2) is 36.4 Å². The Morgan fingerprint density at radius 1 is 1.19 bits per heavy atom. The molecule has 108 valence electrons. The van der Waals surface area contributed by atoms with E-state index in [0.717, 1.165) is 24.5 Å². The van der Waals surface area contributed by atoms with E-state index in [-0.39, 0.29) is 17.3 Å². The highest BCUT2D eigenvalue weighted by Gasteiger charge is 2.23. The third kappa shape index (κ3) is 2.46. The number of primary amides is 1. The van der Waals surface area contributed by atoms with Gasteiger partial charge in [-0.3, -0.25) is 4.79 Å². The lowest BCUT2D eigenvalue weighted by atomic mass is 10.1. The summed E-state index contributed by atoms with van der Waals surface area (Å²) in [6.45, 7) is 0. The van der Waals surface area contributed by atoms with Crippen molar-refractivity contribution in [2.45, 2.75) is 18.9 Å². The maximum absolute atomic E-state index is 13.9. The van der Waals surface area contributed by atoms with Gasteiger partial charge >= 0.3 is 0 Å². The number of benzene rings is 2. The first-order valence-electron chi connectivity index (χ1n) is 6.69. The third-order valence-corrected chi connectivity index (χ3v) is 3.78. The molecule has 1 unspecified atom stereocenters. The average molecular weight is 288 g/mol. The van der Waals surface area contributed by atoms with Gasteiger partial charge in [0, 0.05) is 6.07 Å². The molecule has 0 heterocycles. The van der Waals surface area contributed by atoms with E-state index in [9.17, 15) is 13.6 Å². The van der Waals surface area contributed by atoms with E-state index in [1.807, 2.05) is 24.3 Å². The molecule has 0 saturated carbocycles. The van der Waals surface area contributed by atoms with Gasteiger partial charge in [-0.2, -0.15) is 0 Å². The van der Waals surface area contributed by atoms with Crippen LogP contribution in [0.1, 0.15) is 33.9 Å². The molecule has 0 aromatic heterocycles. The summed E-state index contributed by atoms with van der Waals surface area (Å²) in [7, 11) is 0. The second-order valence-corrected chi connectivity index (χ2v) is 5.11. The monoisotopic (exact) mass is 288 g/mol. The molecule has 2 aromatic rings. The molecular formula is C16H14F2N2O. The summed E-state index contributed by atoms with van der Waals surface area (Å²) >= 11 is 0. The van der Waals surface area contributed by atoms with Crippen LogP contribution in [0.25, 0.3) is 0 Å². The van der Waals surface area contributed by atoms with Crippen molar-refractivity contribution in [3.63, 3.8) is 0 Å². The van der Waals surface area contributed by atoms with Gasteiger partial charge in [-0.15, -0.1) is 0 Å². The zero-order chi connectivity index (χ0) is 15.0. The third-order valence-electron chi connectivity index (χ3n) is 3.78. The summed E-state index contributed by atoms with van der Waals surface area (Å²) in [4.78, 5) is 11.2. The fourth-order valence-corrected chi connectivity index (χ4v) is 2.74. The van der Waals surface area contributed by atoms with Gasteiger partial charge in [-0.05, 0) is 30.0 Å². The number of carbonyl (C=O) groups excluding carboxylic acids is 1. The molecule has 0 bridgehead atoms. The Hall–Kier alpha value is -2.43. The Bertz CT molecular complexity index is 715. The van der Waals surface area contributed by atoms with Gasteiger partial charge in [0.25, 0.3) is 5.91 Å². The Morgan fingerprint density at radius 2 is 1.95 bits per heavy atom. The Balaban J connectivity index is 1.93. The topological polar surface area (TPSA) is 55.1 Å². The molecule has 0 spiro atoms. The predicted molar refractivity (Wildman–Crippen MR) is 76.0 cm³/mol. The van der Waals surface area contributed by atoms with E-state index in [2.05, 4.69) is 5.32 Å². The number of rotatable bonds is 3. The number of nitrogens with one attached hydrogen (secondary N) is 1. The highest BCUT2D eigenvalue weighted by Crippen LogP contribution is 2.34. The van der Waals surface area contributed by atoms with E-state index >= 15 is 0 Å². The molecule has 0 fully saturated rings. The van der Waals surface area contributed by atoms with Crippen molar-refractivity contribution >= 4 is 11.6 Å². The number of halogens is 2. The number of aryl methyl sites for hydroxylation is 1. The first-order valence-corrected chi connectivity index (χ1v) is 6.69. The standard InChI is InChI=1S/C16H14F2N2O/c17-12-8-13(18)15(7-11(12)16(19)21)20-14-6-5-9-3-1-2-4-10(9)14/h1-4,7-8,14,20H,5-6H2,(H2,19,21). The minimum absolute atomic E-state index is 0.0538. The summed E-state index contributed by atoms with van der Waals surface area (Å²) in [5, 5.41) is 3.04. The van der Waals surface area contributed by atoms with Crippen molar-refractivity contribution in [3.8, 4) is 0 Å². The molecule has 1 amide bonds. The van der Waals surface area contributed by atoms with E-state index in [0.29, 0.717) is 6.07 Å². The van der Waals surface area contributed by atoms with Crippen LogP contribution in [0.5, 0.6) is 0 Å². The quantitative estimate of drug-likeness (QED) is 0.911. The number of hydrogen-bond donors (Lipinski definition) is 2. The molecule has 5 heteroatoms. The number of nitrogens with two attached hydrogens (primary N) is 1. The summed E-state index contributed by atoms with van der Waals surface area (Å²) in [5.74, 6) is -2.60.